The Morgan fingerprint density at radius 2 is 1.68 bits per heavy atom. The molecule has 0 aromatic carbocycles. The smallest absolute Gasteiger partial charge is 0.342 e. The van der Waals surface area contributed by atoms with Gasteiger partial charge in [-0.15, -0.1) is 0 Å². The van der Waals surface area contributed by atoms with Crippen LogP contribution < -0.4 is 0 Å². The maximum atomic E-state index is 11.9. The van der Waals surface area contributed by atoms with Crippen molar-refractivity contribution in [1.82, 2.24) is 4.98 Å². The number of ether oxygens (including phenoxy) is 1. The molecule has 0 spiro atoms. The van der Waals surface area contributed by atoms with Gasteiger partial charge in [0.25, 0.3) is 11.6 Å². The second-order valence-corrected chi connectivity index (χ2v) is 4.92. The number of rotatable bonds is 2. The number of pyridine rings is 1. The molecule has 1 aliphatic carbocycles. The quantitative estimate of drug-likeness (QED) is 0.210. The molecule has 1 aliphatic rings. The van der Waals surface area contributed by atoms with E-state index in [-0.39, 0.29) is 5.56 Å². The number of carbonyl (C=O) groups is 1. The van der Waals surface area contributed by atoms with Crippen LogP contribution in [0.4, 0.5) is 0 Å². The van der Waals surface area contributed by atoms with Crippen molar-refractivity contribution in [1.29, 1.82) is 0 Å². The average molecular weight is 317 g/mol. The van der Waals surface area contributed by atoms with Crippen molar-refractivity contribution < 1.29 is 45.3 Å². The molecule has 0 bridgehead atoms. The summed E-state index contributed by atoms with van der Waals surface area (Å²) in [5.74, 6) is -8.43. The lowest BCUT2D eigenvalue weighted by atomic mass is 9.79. The average Bonchev–Trinajstić information content (AvgIpc) is 2.51. The lowest BCUT2D eigenvalue weighted by Crippen LogP contribution is -2.78. The lowest BCUT2D eigenvalue weighted by molar-refractivity contribution is -0.440. The molecule has 1 aromatic rings. The Hall–Kier alpha value is -1.66. The van der Waals surface area contributed by atoms with E-state index in [4.69, 9.17) is 0 Å². The van der Waals surface area contributed by atoms with Gasteiger partial charge in [0.05, 0.1) is 5.56 Å². The minimum atomic E-state index is -3.64. The molecule has 122 valence electrons. The van der Waals surface area contributed by atoms with Crippen LogP contribution in [0.25, 0.3) is 0 Å². The Morgan fingerprint density at radius 3 is 2.23 bits per heavy atom. The van der Waals surface area contributed by atoms with Crippen molar-refractivity contribution in [3.63, 3.8) is 0 Å². The van der Waals surface area contributed by atoms with Gasteiger partial charge < -0.3 is 40.5 Å². The van der Waals surface area contributed by atoms with Gasteiger partial charge in [-0.05, 0) is 12.1 Å². The maximum Gasteiger partial charge on any atom is 0.342 e. The molecule has 1 saturated carbocycles. The Bertz CT molecular complexity index is 551. The summed E-state index contributed by atoms with van der Waals surface area (Å²) in [7, 11) is 0. The summed E-state index contributed by atoms with van der Waals surface area (Å²) in [5.41, 5.74) is -0.200. The van der Waals surface area contributed by atoms with Gasteiger partial charge in [0.2, 0.25) is 0 Å². The third-order valence-electron chi connectivity index (χ3n) is 3.48. The third-order valence-corrected chi connectivity index (χ3v) is 3.48. The molecule has 0 amide bonds. The Labute approximate surface area is 123 Å². The van der Waals surface area contributed by atoms with Crippen LogP contribution in [-0.2, 0) is 4.74 Å². The molecule has 1 aromatic heterocycles. The van der Waals surface area contributed by atoms with Crippen LogP contribution in [-0.4, -0.2) is 82.7 Å². The molecule has 10 heteroatoms. The summed E-state index contributed by atoms with van der Waals surface area (Å²) in [5, 5.41) is 67.8. The van der Waals surface area contributed by atoms with Gasteiger partial charge in [-0.2, -0.15) is 0 Å². The summed E-state index contributed by atoms with van der Waals surface area (Å²) in [4.78, 5) is 15.5. The molecule has 22 heavy (non-hydrogen) atoms. The van der Waals surface area contributed by atoms with Crippen LogP contribution in [0, 0.1) is 0 Å². The Morgan fingerprint density at radius 1 is 1.09 bits per heavy atom. The maximum absolute atomic E-state index is 11.9. The highest BCUT2D eigenvalue weighted by Gasteiger charge is 2.69. The van der Waals surface area contributed by atoms with E-state index in [1.165, 1.54) is 18.3 Å². The van der Waals surface area contributed by atoms with Crippen LogP contribution in [0.3, 0.4) is 0 Å². The fourth-order valence-electron chi connectivity index (χ4n) is 2.09. The van der Waals surface area contributed by atoms with E-state index >= 15 is 0 Å². The fourth-order valence-corrected chi connectivity index (χ4v) is 2.09. The normalized spacial score (nSPS) is 37.6. The number of aliphatic hydroxyl groups excluding tert-OH is 4. The molecule has 0 aliphatic heterocycles. The second kappa shape index (κ2) is 5.52. The van der Waals surface area contributed by atoms with Crippen molar-refractivity contribution in [2.24, 2.45) is 0 Å². The molecule has 7 N–H and O–H groups in total. The van der Waals surface area contributed by atoms with Gasteiger partial charge in [-0.25, -0.2) is 4.79 Å². The van der Waals surface area contributed by atoms with E-state index in [1.807, 2.05) is 0 Å². The summed E-state index contributed by atoms with van der Waals surface area (Å²) in [6.07, 6.45) is -7.03. The molecule has 2 rings (SSSR count). The van der Waals surface area contributed by atoms with Gasteiger partial charge >= 0.3 is 5.97 Å². The van der Waals surface area contributed by atoms with Gasteiger partial charge in [0.1, 0.15) is 18.3 Å². The van der Waals surface area contributed by atoms with Gasteiger partial charge in [0, 0.05) is 12.4 Å². The highest BCUT2D eigenvalue weighted by molar-refractivity contribution is 5.89. The van der Waals surface area contributed by atoms with Gasteiger partial charge in [0.15, 0.2) is 6.10 Å². The largest absolute Gasteiger partial charge is 0.420 e. The first-order chi connectivity index (χ1) is 10.1. The number of carbonyl (C=O) groups excluding carboxylic acids is 1. The van der Waals surface area contributed by atoms with Crippen molar-refractivity contribution in [2.75, 3.05) is 0 Å². The third kappa shape index (κ3) is 2.36. The lowest BCUT2D eigenvalue weighted by Gasteiger charge is -2.50. The molecule has 1 heterocycles. The first-order valence-corrected chi connectivity index (χ1v) is 6.15. The molecule has 1 fully saturated rings. The van der Waals surface area contributed by atoms with Crippen LogP contribution in [0.1, 0.15) is 10.4 Å². The Balaban J connectivity index is 2.35. The molecule has 0 unspecified atom stereocenters. The molecular weight excluding hydrogens is 302 g/mol. The standard InChI is InChI=1S/C12H15NO9/c14-6-7(15)9(17)12(21,11(19,20)8(6)16)22-10(18)5-2-1-3-13-4-5/h1-4,6-9,14-17,19-21H/t6-,7-,8-,9+,12+/m1/s1. The first-order valence-electron chi connectivity index (χ1n) is 6.15. The van der Waals surface area contributed by atoms with Crippen molar-refractivity contribution in [3.05, 3.63) is 30.1 Å². The number of aromatic nitrogens is 1. The molecule has 5 atom stereocenters. The molecular formula is C12H15NO9. The van der Waals surface area contributed by atoms with E-state index in [0.717, 1.165) is 6.20 Å². The topological polar surface area (TPSA) is 181 Å². The minimum absolute atomic E-state index is 0.200. The SMILES string of the molecule is O=C(O[C@@]1(O)[C@@H](O)[C@H](O)[C@@H](O)[C@@H](O)C1(O)O)c1cccnc1. The van der Waals surface area contributed by atoms with Crippen molar-refractivity contribution in [3.8, 4) is 0 Å². The van der Waals surface area contributed by atoms with Crippen LogP contribution in [0.5, 0.6) is 0 Å². The zero-order valence-electron chi connectivity index (χ0n) is 11.0. The van der Waals surface area contributed by atoms with Crippen LogP contribution >= 0.6 is 0 Å². The number of esters is 1. The predicted octanol–water partition coefficient (Wildman–Crippen LogP) is -3.93. The zero-order valence-corrected chi connectivity index (χ0v) is 11.0. The van der Waals surface area contributed by atoms with Crippen molar-refractivity contribution >= 4 is 5.97 Å². The number of hydrogen-bond acceptors (Lipinski definition) is 10. The highest BCUT2D eigenvalue weighted by Crippen LogP contribution is 2.38. The van der Waals surface area contributed by atoms with Crippen LogP contribution in [0.2, 0.25) is 0 Å². The number of hydrogen-bond donors (Lipinski definition) is 7. The number of nitrogens with zero attached hydrogens (tertiary/aromatic N) is 1. The summed E-state index contributed by atoms with van der Waals surface area (Å²) >= 11 is 0. The minimum Gasteiger partial charge on any atom is -0.420 e. The molecule has 10 nitrogen and oxygen atoms in total. The zero-order chi connectivity index (χ0) is 16.7. The first kappa shape index (κ1) is 16.7. The molecule has 0 radical (unpaired) electrons. The summed E-state index contributed by atoms with van der Waals surface area (Å²) < 4.78 is 4.48. The summed E-state index contributed by atoms with van der Waals surface area (Å²) in [6, 6.07) is 2.59. The number of aliphatic hydroxyl groups is 7. The van der Waals surface area contributed by atoms with Gasteiger partial charge in [-0.3, -0.25) is 4.98 Å². The predicted molar refractivity (Wildman–Crippen MR) is 65.8 cm³/mol. The second-order valence-electron chi connectivity index (χ2n) is 4.92. The van der Waals surface area contributed by atoms with E-state index < -0.39 is 42.0 Å². The van der Waals surface area contributed by atoms with E-state index in [0.29, 0.717) is 0 Å². The van der Waals surface area contributed by atoms with Gasteiger partial charge in [-0.1, -0.05) is 0 Å². The van der Waals surface area contributed by atoms with E-state index in [9.17, 15) is 40.5 Å². The van der Waals surface area contributed by atoms with E-state index in [1.54, 1.807) is 0 Å². The summed E-state index contributed by atoms with van der Waals surface area (Å²) in [6.45, 7) is 0. The van der Waals surface area contributed by atoms with Crippen LogP contribution in [0.15, 0.2) is 24.5 Å². The Kier molecular flexibility index (Phi) is 4.19. The van der Waals surface area contributed by atoms with E-state index in [2.05, 4.69) is 9.72 Å². The fraction of sp³-hybridized carbons (Fsp3) is 0.500. The molecule has 0 saturated heterocycles. The monoisotopic (exact) mass is 317 g/mol. The highest BCUT2D eigenvalue weighted by atomic mass is 16.7. The van der Waals surface area contributed by atoms with Crippen molar-refractivity contribution in [2.45, 2.75) is 36.0 Å².